The Bertz CT molecular complexity index is 1430. The second-order valence-electron chi connectivity index (χ2n) is 17.5. The van der Waals surface area contributed by atoms with Crippen LogP contribution in [0.2, 0.25) is 0 Å². The number of amides is 2. The van der Waals surface area contributed by atoms with Crippen molar-refractivity contribution in [2.45, 2.75) is 134 Å². The Labute approximate surface area is 296 Å². The molecule has 4 aliphatic carbocycles. The molecule has 8 rings (SSSR count). The summed E-state index contributed by atoms with van der Waals surface area (Å²) in [5.74, 6) is 3.10. The highest BCUT2D eigenvalue weighted by atomic mass is 16.7. The van der Waals surface area contributed by atoms with E-state index in [1.54, 1.807) is 12.1 Å². The van der Waals surface area contributed by atoms with Gasteiger partial charge in [-0.1, -0.05) is 57.5 Å². The van der Waals surface area contributed by atoms with Crippen molar-refractivity contribution in [3.63, 3.8) is 0 Å². The van der Waals surface area contributed by atoms with Crippen molar-refractivity contribution in [3.8, 4) is 0 Å². The number of benzene rings is 1. The predicted octanol–water partition coefficient (Wildman–Crippen LogP) is 5.37. The number of para-hydroxylation sites is 1. The van der Waals surface area contributed by atoms with E-state index in [1.807, 2.05) is 18.2 Å². The quantitative estimate of drug-likeness (QED) is 0.260. The van der Waals surface area contributed by atoms with Gasteiger partial charge in [0.15, 0.2) is 12.1 Å². The van der Waals surface area contributed by atoms with Crippen molar-refractivity contribution < 1.29 is 39.1 Å². The van der Waals surface area contributed by atoms with E-state index >= 15 is 0 Å². The van der Waals surface area contributed by atoms with Crippen molar-refractivity contribution in [1.82, 2.24) is 5.32 Å². The third-order valence-electron chi connectivity index (χ3n) is 14.9. The number of hydrogen-bond donors (Lipinski definition) is 5. The Kier molecular flexibility index (Phi) is 9.18. The zero-order valence-corrected chi connectivity index (χ0v) is 30.1. The summed E-state index contributed by atoms with van der Waals surface area (Å²) in [6.07, 6.45) is 7.28. The molecule has 5 unspecified atom stereocenters. The van der Waals surface area contributed by atoms with Crippen LogP contribution >= 0.6 is 0 Å². The molecule has 7 aliphatic rings. The zero-order chi connectivity index (χ0) is 35.0. The molecule has 2 amide bonds. The highest BCUT2D eigenvalue weighted by molar-refractivity contribution is 5.89. The van der Waals surface area contributed by atoms with Crippen molar-refractivity contribution in [2.75, 3.05) is 18.5 Å². The van der Waals surface area contributed by atoms with Gasteiger partial charge in [0.05, 0.1) is 25.4 Å². The average Bonchev–Trinajstić information content (AvgIpc) is 3.55. The van der Waals surface area contributed by atoms with Crippen LogP contribution in [0, 0.1) is 46.3 Å². The number of nitrogens with one attached hydrogen (secondary N) is 2. The molecule has 1 spiro atoms. The Morgan fingerprint density at radius 2 is 1.82 bits per heavy atom. The summed E-state index contributed by atoms with van der Waals surface area (Å²) < 4.78 is 26.1. The Morgan fingerprint density at radius 3 is 2.56 bits per heavy atom. The molecule has 50 heavy (non-hydrogen) atoms. The normalized spacial score (nSPS) is 49.7. The van der Waals surface area contributed by atoms with Gasteiger partial charge in [-0.3, -0.25) is 0 Å². The van der Waals surface area contributed by atoms with Gasteiger partial charge in [0.25, 0.3) is 0 Å². The fourth-order valence-corrected chi connectivity index (χ4v) is 12.1. The van der Waals surface area contributed by atoms with Crippen LogP contribution in [-0.2, 0) is 18.9 Å². The molecule has 276 valence electrons. The Hall–Kier alpha value is -2.05. The molecule has 0 aromatic heterocycles. The highest BCUT2D eigenvalue weighted by Gasteiger charge is 2.68. The topological polar surface area (TPSA) is 139 Å². The van der Waals surface area contributed by atoms with E-state index in [0.29, 0.717) is 41.2 Å². The number of rotatable bonds is 5. The van der Waals surface area contributed by atoms with Crippen LogP contribution in [0.1, 0.15) is 85.5 Å². The molecule has 3 saturated heterocycles. The van der Waals surface area contributed by atoms with Gasteiger partial charge in [-0.2, -0.15) is 0 Å². The standard InChI is InChI=1S/C40H58N2O8/c1-22-12-17-40(47-21-22)23(2)32-30(50-40)19-29-27-11-10-24-18-26(13-15-38(24,3)28(27)14-16-39(29,32)4)48-36-33(35(45)34(44)31(20-43)49-36)42-37(46)41-25-8-6-5-7-9-25/h5-10,22-23,26-36,43-45H,11-21H2,1-4H3,(H2,41,42,46)/t22-,23+,26+,27?,28?,29?,30?,31-,32?,33-,34-,35-,36-,38+,39+,40-/m1/s1. The van der Waals surface area contributed by atoms with Crippen molar-refractivity contribution in [1.29, 1.82) is 0 Å². The lowest BCUT2D eigenvalue weighted by molar-refractivity contribution is -0.283. The molecular formula is C40H58N2O8. The van der Waals surface area contributed by atoms with Gasteiger partial charge in [0.1, 0.15) is 24.4 Å². The number of carbonyl (C=O) groups is 1. The van der Waals surface area contributed by atoms with Gasteiger partial charge in [0.2, 0.25) is 0 Å². The van der Waals surface area contributed by atoms with Crippen LogP contribution in [0.5, 0.6) is 0 Å². The molecule has 10 heteroatoms. The molecule has 3 saturated carbocycles. The maximum Gasteiger partial charge on any atom is 0.319 e. The summed E-state index contributed by atoms with van der Waals surface area (Å²) in [7, 11) is 0. The average molecular weight is 695 g/mol. The van der Waals surface area contributed by atoms with Gasteiger partial charge >= 0.3 is 6.03 Å². The van der Waals surface area contributed by atoms with Gasteiger partial charge < -0.3 is 44.9 Å². The van der Waals surface area contributed by atoms with E-state index < -0.39 is 43.3 Å². The lowest BCUT2D eigenvalue weighted by atomic mass is 9.47. The van der Waals surface area contributed by atoms with Crippen LogP contribution in [-0.4, -0.2) is 83.2 Å². The third kappa shape index (κ3) is 5.67. The lowest BCUT2D eigenvalue weighted by Gasteiger charge is -2.58. The minimum Gasteiger partial charge on any atom is -0.394 e. The number of fused-ring (bicyclic) bond motifs is 7. The SMILES string of the molecule is C[C@@H]1CC[C@@]2(OC1)OC1CC3C4CC=C5C[C@@H](O[C@@H]6O[C@H](CO)[C@@H](O)[C@H](O)[C@H]6NC(=O)Nc6ccccc6)CC[C@]5(C)C4CC[C@]3(C)C1[C@@H]2C. The van der Waals surface area contributed by atoms with Crippen molar-refractivity contribution >= 4 is 11.7 Å². The Balaban J connectivity index is 0.954. The molecule has 10 nitrogen and oxygen atoms in total. The summed E-state index contributed by atoms with van der Waals surface area (Å²) in [5.41, 5.74) is 2.42. The first-order valence-electron chi connectivity index (χ1n) is 19.4. The highest BCUT2D eigenvalue weighted by Crippen LogP contribution is 2.70. The number of urea groups is 1. The van der Waals surface area contributed by atoms with E-state index in [-0.39, 0.29) is 28.8 Å². The first kappa shape index (κ1) is 35.0. The van der Waals surface area contributed by atoms with E-state index in [2.05, 4.69) is 44.4 Å². The molecule has 5 N–H and O–H groups in total. The summed E-state index contributed by atoms with van der Waals surface area (Å²) in [6, 6.07) is 7.45. The first-order chi connectivity index (χ1) is 24.0. The Morgan fingerprint density at radius 1 is 1.02 bits per heavy atom. The third-order valence-corrected chi connectivity index (χ3v) is 14.9. The molecule has 0 bridgehead atoms. The smallest absolute Gasteiger partial charge is 0.319 e. The lowest BCUT2D eigenvalue weighted by Crippen LogP contribution is -2.65. The number of hydrogen-bond acceptors (Lipinski definition) is 8. The molecule has 3 aliphatic heterocycles. The van der Waals surface area contributed by atoms with Crippen molar-refractivity contribution in [2.24, 2.45) is 46.3 Å². The summed E-state index contributed by atoms with van der Waals surface area (Å²) in [4.78, 5) is 13.0. The molecular weight excluding hydrogens is 636 g/mol. The maximum absolute atomic E-state index is 13.0. The number of aliphatic hydroxyl groups is 3. The van der Waals surface area contributed by atoms with Crippen LogP contribution in [0.25, 0.3) is 0 Å². The number of ether oxygens (including phenoxy) is 4. The van der Waals surface area contributed by atoms with E-state index in [4.69, 9.17) is 18.9 Å². The maximum atomic E-state index is 13.0. The zero-order valence-electron chi connectivity index (χ0n) is 30.1. The minimum atomic E-state index is -1.38. The first-order valence-corrected chi connectivity index (χ1v) is 19.4. The van der Waals surface area contributed by atoms with E-state index in [0.717, 1.165) is 45.1 Å². The fraction of sp³-hybridized carbons (Fsp3) is 0.775. The molecule has 16 atom stereocenters. The second-order valence-corrected chi connectivity index (χ2v) is 17.5. The predicted molar refractivity (Wildman–Crippen MR) is 187 cm³/mol. The van der Waals surface area contributed by atoms with Crippen LogP contribution in [0.15, 0.2) is 42.0 Å². The van der Waals surface area contributed by atoms with Gasteiger partial charge in [-0.05, 0) is 104 Å². The fourth-order valence-electron chi connectivity index (χ4n) is 12.1. The molecule has 1 aromatic carbocycles. The van der Waals surface area contributed by atoms with E-state index in [9.17, 15) is 20.1 Å². The largest absolute Gasteiger partial charge is 0.394 e. The molecule has 6 fully saturated rings. The van der Waals surface area contributed by atoms with Crippen LogP contribution < -0.4 is 10.6 Å². The van der Waals surface area contributed by atoms with Crippen molar-refractivity contribution in [3.05, 3.63) is 42.0 Å². The molecule has 3 heterocycles. The molecule has 1 aromatic rings. The monoisotopic (exact) mass is 694 g/mol. The van der Waals surface area contributed by atoms with Gasteiger partial charge in [-0.15, -0.1) is 0 Å². The summed E-state index contributed by atoms with van der Waals surface area (Å²) in [5, 5.41) is 37.2. The number of carbonyl (C=O) groups excluding carboxylic acids is 1. The summed E-state index contributed by atoms with van der Waals surface area (Å²) in [6.45, 7) is 10.1. The van der Waals surface area contributed by atoms with Crippen LogP contribution in [0.3, 0.4) is 0 Å². The van der Waals surface area contributed by atoms with Gasteiger partial charge in [-0.25, -0.2) is 4.79 Å². The van der Waals surface area contributed by atoms with Crippen LogP contribution in [0.4, 0.5) is 10.5 Å². The number of aliphatic hydroxyl groups excluding tert-OH is 3. The number of allylic oxidation sites excluding steroid dienone is 1. The van der Waals surface area contributed by atoms with E-state index in [1.165, 1.54) is 24.8 Å². The molecule has 0 radical (unpaired) electrons. The number of anilines is 1. The summed E-state index contributed by atoms with van der Waals surface area (Å²) >= 11 is 0. The van der Waals surface area contributed by atoms with Gasteiger partial charge in [0, 0.05) is 18.0 Å². The minimum absolute atomic E-state index is 0.0993. The second kappa shape index (κ2) is 13.1.